The maximum Gasteiger partial charge on any atom is 0.433 e. The number of hydrogen-bond donors (Lipinski definition) is 1. The van der Waals surface area contributed by atoms with Crippen molar-refractivity contribution in [2.45, 2.75) is 19.6 Å². The van der Waals surface area contributed by atoms with Gasteiger partial charge in [-0.3, -0.25) is 0 Å². The summed E-state index contributed by atoms with van der Waals surface area (Å²) in [7, 11) is 0. The molecule has 0 saturated heterocycles. The SMILES string of the molecule is Cc1csc(CNc2cccc(C(F)(F)F)n2)n1. The second kappa shape index (κ2) is 4.93. The lowest BCUT2D eigenvalue weighted by molar-refractivity contribution is -0.141. The lowest BCUT2D eigenvalue weighted by atomic mass is 10.3. The van der Waals surface area contributed by atoms with E-state index in [4.69, 9.17) is 0 Å². The summed E-state index contributed by atoms with van der Waals surface area (Å²) in [6.07, 6.45) is -4.42. The summed E-state index contributed by atoms with van der Waals surface area (Å²) in [6, 6.07) is 3.76. The van der Waals surface area contributed by atoms with Crippen LogP contribution in [0.1, 0.15) is 16.4 Å². The molecule has 18 heavy (non-hydrogen) atoms. The quantitative estimate of drug-likeness (QED) is 0.930. The molecule has 0 amide bonds. The van der Waals surface area contributed by atoms with Crippen LogP contribution in [0.3, 0.4) is 0 Å². The molecule has 2 aromatic heterocycles. The number of hydrogen-bond acceptors (Lipinski definition) is 4. The first-order valence-electron chi connectivity index (χ1n) is 5.14. The molecule has 0 aliphatic carbocycles. The predicted octanol–water partition coefficient (Wildman–Crippen LogP) is 3.48. The minimum absolute atomic E-state index is 0.192. The number of pyridine rings is 1. The summed E-state index contributed by atoms with van der Waals surface area (Å²) in [6.45, 7) is 2.23. The van der Waals surface area contributed by atoms with E-state index in [1.807, 2.05) is 12.3 Å². The zero-order valence-electron chi connectivity index (χ0n) is 9.45. The van der Waals surface area contributed by atoms with Gasteiger partial charge < -0.3 is 5.32 Å². The number of rotatable bonds is 3. The Kier molecular flexibility index (Phi) is 3.51. The molecule has 2 rings (SSSR count). The van der Waals surface area contributed by atoms with Gasteiger partial charge >= 0.3 is 6.18 Å². The maximum atomic E-state index is 12.4. The van der Waals surface area contributed by atoms with Crippen molar-refractivity contribution >= 4 is 17.2 Å². The van der Waals surface area contributed by atoms with Crippen molar-refractivity contribution in [3.8, 4) is 0 Å². The van der Waals surface area contributed by atoms with Crippen LogP contribution >= 0.6 is 11.3 Å². The Morgan fingerprint density at radius 3 is 2.67 bits per heavy atom. The topological polar surface area (TPSA) is 37.8 Å². The molecule has 0 aliphatic heterocycles. The van der Waals surface area contributed by atoms with Crippen LogP contribution in [0.25, 0.3) is 0 Å². The van der Waals surface area contributed by atoms with E-state index in [2.05, 4.69) is 15.3 Å². The molecule has 0 bridgehead atoms. The molecule has 0 unspecified atom stereocenters. The molecule has 3 nitrogen and oxygen atoms in total. The number of nitrogens with one attached hydrogen (secondary N) is 1. The lowest BCUT2D eigenvalue weighted by Gasteiger charge is -2.08. The largest absolute Gasteiger partial charge is 0.433 e. The highest BCUT2D eigenvalue weighted by molar-refractivity contribution is 7.09. The van der Waals surface area contributed by atoms with Gasteiger partial charge in [0.15, 0.2) is 0 Å². The first kappa shape index (κ1) is 12.8. The summed E-state index contributed by atoms with van der Waals surface area (Å²) in [4.78, 5) is 7.71. The van der Waals surface area contributed by atoms with Crippen LogP contribution in [0.4, 0.5) is 19.0 Å². The molecule has 2 aromatic rings. The Balaban J connectivity index is 2.06. The molecular weight excluding hydrogens is 263 g/mol. The van der Waals surface area contributed by atoms with E-state index in [0.717, 1.165) is 16.8 Å². The molecule has 0 aromatic carbocycles. The van der Waals surface area contributed by atoms with Gasteiger partial charge in [0.2, 0.25) is 0 Å². The number of alkyl halides is 3. The molecule has 0 aliphatic rings. The van der Waals surface area contributed by atoms with Crippen LogP contribution in [0.15, 0.2) is 23.6 Å². The average molecular weight is 273 g/mol. The van der Waals surface area contributed by atoms with Gasteiger partial charge in [-0.2, -0.15) is 13.2 Å². The van der Waals surface area contributed by atoms with Gasteiger partial charge in [0.05, 0.1) is 6.54 Å². The molecule has 2 heterocycles. The van der Waals surface area contributed by atoms with E-state index >= 15 is 0 Å². The fraction of sp³-hybridized carbons (Fsp3) is 0.273. The van der Waals surface area contributed by atoms with Crippen molar-refractivity contribution in [2.75, 3.05) is 5.32 Å². The number of aromatic nitrogens is 2. The van der Waals surface area contributed by atoms with Gasteiger partial charge in [0, 0.05) is 11.1 Å². The Labute approximate surface area is 106 Å². The van der Waals surface area contributed by atoms with Crippen molar-refractivity contribution in [2.24, 2.45) is 0 Å². The summed E-state index contributed by atoms with van der Waals surface area (Å²) >= 11 is 1.45. The maximum absolute atomic E-state index is 12.4. The molecule has 0 spiro atoms. The van der Waals surface area contributed by atoms with Crippen molar-refractivity contribution in [1.29, 1.82) is 0 Å². The minimum atomic E-state index is -4.42. The number of thiazole rings is 1. The van der Waals surface area contributed by atoms with Crippen molar-refractivity contribution in [1.82, 2.24) is 9.97 Å². The van der Waals surface area contributed by atoms with Gasteiger partial charge in [-0.15, -0.1) is 11.3 Å². The molecule has 0 radical (unpaired) electrons. The first-order chi connectivity index (χ1) is 8.45. The summed E-state index contributed by atoms with van der Waals surface area (Å²) < 4.78 is 37.3. The zero-order valence-corrected chi connectivity index (χ0v) is 10.3. The van der Waals surface area contributed by atoms with E-state index < -0.39 is 11.9 Å². The monoisotopic (exact) mass is 273 g/mol. The van der Waals surface area contributed by atoms with E-state index in [0.29, 0.717) is 6.54 Å². The average Bonchev–Trinajstić information content (AvgIpc) is 2.72. The van der Waals surface area contributed by atoms with Gasteiger partial charge in [-0.25, -0.2) is 9.97 Å². The predicted molar refractivity (Wildman–Crippen MR) is 63.4 cm³/mol. The van der Waals surface area contributed by atoms with E-state index in [1.165, 1.54) is 23.5 Å². The molecule has 7 heteroatoms. The highest BCUT2D eigenvalue weighted by Gasteiger charge is 2.32. The highest BCUT2D eigenvalue weighted by atomic mass is 32.1. The van der Waals surface area contributed by atoms with Gasteiger partial charge in [0.1, 0.15) is 16.5 Å². The summed E-state index contributed by atoms with van der Waals surface area (Å²) in [5.74, 6) is 0.192. The van der Waals surface area contributed by atoms with Gasteiger partial charge in [-0.1, -0.05) is 6.07 Å². The van der Waals surface area contributed by atoms with Crippen molar-refractivity contribution in [3.05, 3.63) is 40.0 Å². The molecular formula is C11H10F3N3S. The van der Waals surface area contributed by atoms with Crippen LogP contribution in [0.2, 0.25) is 0 Å². The van der Waals surface area contributed by atoms with E-state index in [-0.39, 0.29) is 5.82 Å². The lowest BCUT2D eigenvalue weighted by Crippen LogP contribution is -2.10. The normalized spacial score (nSPS) is 11.6. The van der Waals surface area contributed by atoms with Gasteiger partial charge in [-0.05, 0) is 19.1 Å². The minimum Gasteiger partial charge on any atom is -0.364 e. The molecule has 0 fully saturated rings. The molecule has 96 valence electrons. The highest BCUT2D eigenvalue weighted by Crippen LogP contribution is 2.28. The van der Waals surface area contributed by atoms with Crippen molar-refractivity contribution in [3.63, 3.8) is 0 Å². The van der Waals surface area contributed by atoms with Crippen LogP contribution in [-0.2, 0) is 12.7 Å². The fourth-order valence-electron chi connectivity index (χ4n) is 1.34. The second-order valence-corrected chi connectivity index (χ2v) is 4.58. The smallest absolute Gasteiger partial charge is 0.364 e. The Morgan fingerprint density at radius 2 is 2.06 bits per heavy atom. The van der Waals surface area contributed by atoms with Gasteiger partial charge in [0.25, 0.3) is 0 Å². The van der Waals surface area contributed by atoms with Crippen LogP contribution in [-0.4, -0.2) is 9.97 Å². The number of nitrogens with zero attached hydrogens (tertiary/aromatic N) is 2. The van der Waals surface area contributed by atoms with Crippen LogP contribution < -0.4 is 5.32 Å². The Morgan fingerprint density at radius 1 is 1.28 bits per heavy atom. The third-order valence-electron chi connectivity index (χ3n) is 2.13. The second-order valence-electron chi connectivity index (χ2n) is 3.64. The fourth-order valence-corrected chi connectivity index (χ4v) is 2.05. The molecule has 1 N–H and O–H groups in total. The number of halogens is 3. The first-order valence-corrected chi connectivity index (χ1v) is 6.02. The Hall–Kier alpha value is -1.63. The summed E-state index contributed by atoms with van der Waals surface area (Å²) in [5, 5.41) is 5.52. The third-order valence-corrected chi connectivity index (χ3v) is 3.09. The zero-order chi connectivity index (χ0) is 13.2. The molecule has 0 saturated carbocycles. The third kappa shape index (κ3) is 3.19. The molecule has 0 atom stereocenters. The van der Waals surface area contributed by atoms with Crippen LogP contribution in [0, 0.1) is 6.92 Å². The number of anilines is 1. The van der Waals surface area contributed by atoms with E-state index in [1.54, 1.807) is 0 Å². The summed E-state index contributed by atoms with van der Waals surface area (Å²) in [5.41, 5.74) is -0.00313. The van der Waals surface area contributed by atoms with Crippen LogP contribution in [0.5, 0.6) is 0 Å². The number of aryl methyl sites for hydroxylation is 1. The standard InChI is InChI=1S/C11H10F3N3S/c1-7-6-18-10(16-7)5-15-9-4-2-3-8(17-9)11(12,13)14/h2-4,6H,5H2,1H3,(H,15,17). The Bertz CT molecular complexity index is 536. The van der Waals surface area contributed by atoms with Crippen molar-refractivity contribution < 1.29 is 13.2 Å². The van der Waals surface area contributed by atoms with E-state index in [9.17, 15) is 13.2 Å².